The van der Waals surface area contributed by atoms with Crippen molar-refractivity contribution in [2.45, 2.75) is 9.99 Å². The summed E-state index contributed by atoms with van der Waals surface area (Å²) in [6.07, 6.45) is 3.07. The molecule has 0 saturated heterocycles. The molecule has 0 radical (unpaired) electrons. The molecule has 0 aliphatic heterocycles. The Bertz CT molecular complexity index is 1260. The van der Waals surface area contributed by atoms with Gasteiger partial charge < -0.3 is 4.42 Å². The maximum absolute atomic E-state index is 12.2. The van der Waals surface area contributed by atoms with Gasteiger partial charge in [-0.1, -0.05) is 30.3 Å². The Labute approximate surface area is 174 Å². The number of furan rings is 1. The molecule has 1 N–H and O–H groups in total. The normalized spacial score (nSPS) is 11.1. The Morgan fingerprint density at radius 3 is 2.80 bits per heavy atom. The predicted octanol–water partition coefficient (Wildman–Crippen LogP) is 4.65. The van der Waals surface area contributed by atoms with Crippen LogP contribution in [0.25, 0.3) is 10.9 Å². The minimum atomic E-state index is -0.679. The van der Waals surface area contributed by atoms with Gasteiger partial charge in [-0.15, -0.1) is 0 Å². The second-order valence-electron chi connectivity index (χ2n) is 6.06. The Balaban J connectivity index is 1.44. The lowest BCUT2D eigenvalue weighted by atomic mass is 10.2. The van der Waals surface area contributed by atoms with Gasteiger partial charge in [-0.05, 0) is 42.1 Å². The van der Waals surface area contributed by atoms with E-state index in [0.717, 1.165) is 15.8 Å². The number of amides is 1. The second kappa shape index (κ2) is 8.58. The molecule has 9 heteroatoms. The summed E-state index contributed by atoms with van der Waals surface area (Å²) in [5, 5.41) is 16.5. The van der Waals surface area contributed by atoms with Crippen molar-refractivity contribution in [1.29, 1.82) is 0 Å². The molecule has 0 aliphatic carbocycles. The van der Waals surface area contributed by atoms with Crippen LogP contribution in [0, 0.1) is 10.1 Å². The van der Waals surface area contributed by atoms with E-state index in [2.05, 4.69) is 15.5 Å². The van der Waals surface area contributed by atoms with Crippen molar-refractivity contribution >= 4 is 40.5 Å². The van der Waals surface area contributed by atoms with Crippen LogP contribution < -0.4 is 5.43 Å². The van der Waals surface area contributed by atoms with Crippen LogP contribution in [0.3, 0.4) is 0 Å². The number of rotatable bonds is 6. The molecule has 2 aromatic heterocycles. The number of nitro groups is 1. The van der Waals surface area contributed by atoms with E-state index in [4.69, 9.17) is 4.42 Å². The highest BCUT2D eigenvalue weighted by atomic mass is 32.2. The Morgan fingerprint density at radius 2 is 1.93 bits per heavy atom. The van der Waals surface area contributed by atoms with Crippen LogP contribution in [-0.4, -0.2) is 22.0 Å². The third-order valence-corrected chi connectivity index (χ3v) is 5.08. The highest BCUT2D eigenvalue weighted by molar-refractivity contribution is 7.99. The molecule has 0 aliphatic rings. The van der Waals surface area contributed by atoms with Crippen molar-refractivity contribution in [2.24, 2.45) is 5.10 Å². The summed E-state index contributed by atoms with van der Waals surface area (Å²) in [7, 11) is 0. The summed E-state index contributed by atoms with van der Waals surface area (Å²) in [6, 6.07) is 18.9. The fourth-order valence-corrected chi connectivity index (χ4v) is 3.67. The van der Waals surface area contributed by atoms with E-state index in [0.29, 0.717) is 10.9 Å². The Hall–Kier alpha value is -3.98. The fourth-order valence-electron chi connectivity index (χ4n) is 2.77. The number of benzene rings is 2. The third-order valence-electron chi connectivity index (χ3n) is 4.11. The van der Waals surface area contributed by atoms with Gasteiger partial charge in [0, 0.05) is 22.5 Å². The van der Waals surface area contributed by atoms with Gasteiger partial charge in [0.25, 0.3) is 11.6 Å². The molecule has 148 valence electrons. The number of nitrogens with zero attached hydrogens (tertiary/aromatic N) is 3. The van der Waals surface area contributed by atoms with Crippen LogP contribution in [0.15, 0.2) is 92.4 Å². The molecule has 0 saturated carbocycles. The Morgan fingerprint density at radius 1 is 1.10 bits per heavy atom. The zero-order chi connectivity index (χ0) is 20.9. The summed E-state index contributed by atoms with van der Waals surface area (Å²) in [5.41, 5.74) is 2.80. The topological polar surface area (TPSA) is 111 Å². The highest BCUT2D eigenvalue weighted by Gasteiger charge is 2.18. The van der Waals surface area contributed by atoms with Crippen molar-refractivity contribution in [3.63, 3.8) is 0 Å². The van der Waals surface area contributed by atoms with Gasteiger partial charge in [-0.25, -0.2) is 5.43 Å². The van der Waals surface area contributed by atoms with Crippen LogP contribution in [0.2, 0.25) is 0 Å². The van der Waals surface area contributed by atoms with Gasteiger partial charge in [0.1, 0.15) is 11.3 Å². The average molecular weight is 418 g/mol. The van der Waals surface area contributed by atoms with Crippen LogP contribution in [-0.2, 0) is 0 Å². The zero-order valence-electron chi connectivity index (χ0n) is 15.4. The lowest BCUT2D eigenvalue weighted by molar-refractivity contribution is -0.385. The minimum Gasteiger partial charge on any atom is -0.448 e. The summed E-state index contributed by atoms with van der Waals surface area (Å²) in [6.45, 7) is 0. The number of hydrogen-bond acceptors (Lipinski definition) is 7. The molecule has 0 unspecified atom stereocenters. The summed E-state index contributed by atoms with van der Waals surface area (Å²) < 4.78 is 5.71. The number of aromatic nitrogens is 1. The van der Waals surface area contributed by atoms with Crippen LogP contribution >= 0.6 is 11.8 Å². The van der Waals surface area contributed by atoms with E-state index in [-0.39, 0.29) is 11.3 Å². The Kier molecular flexibility index (Phi) is 5.53. The van der Waals surface area contributed by atoms with Crippen molar-refractivity contribution in [3.05, 3.63) is 94.4 Å². The SMILES string of the molecule is O=C(N/N=C/c1ccc(Sc2cccc3cccnc23)o1)c1ccccc1[N+](=O)[O-]. The number of hydrogen-bond donors (Lipinski definition) is 1. The van der Waals surface area contributed by atoms with Crippen LogP contribution in [0.5, 0.6) is 0 Å². The number of fused-ring (bicyclic) bond motifs is 1. The van der Waals surface area contributed by atoms with E-state index in [9.17, 15) is 14.9 Å². The van der Waals surface area contributed by atoms with Crippen molar-refractivity contribution in [1.82, 2.24) is 10.4 Å². The molecular weight excluding hydrogens is 404 g/mol. The van der Waals surface area contributed by atoms with E-state index >= 15 is 0 Å². The largest absolute Gasteiger partial charge is 0.448 e. The molecule has 8 nitrogen and oxygen atoms in total. The standard InChI is InChI=1S/C21H14N4O4S/c26-21(16-7-1-2-8-17(16)25(27)28)24-23-13-15-10-11-19(29-15)30-18-9-3-5-14-6-4-12-22-20(14)18/h1-13H,(H,24,26)/b23-13+. The van der Waals surface area contributed by atoms with E-state index < -0.39 is 10.8 Å². The number of nitro benzene ring substituents is 1. The first kappa shape index (κ1) is 19.3. The monoisotopic (exact) mass is 418 g/mol. The first-order valence-corrected chi connectivity index (χ1v) is 9.62. The van der Waals surface area contributed by atoms with Gasteiger partial charge in [0.15, 0.2) is 5.09 Å². The van der Waals surface area contributed by atoms with Gasteiger partial charge in [-0.2, -0.15) is 5.10 Å². The number of hydrazone groups is 1. The molecule has 30 heavy (non-hydrogen) atoms. The first-order chi connectivity index (χ1) is 14.6. The number of carbonyl (C=O) groups is 1. The second-order valence-corrected chi connectivity index (χ2v) is 7.11. The molecular formula is C21H14N4O4S. The summed E-state index contributed by atoms with van der Waals surface area (Å²) in [4.78, 5) is 27.9. The molecule has 0 spiro atoms. The van der Waals surface area contributed by atoms with E-state index in [1.807, 2.05) is 30.3 Å². The number of nitrogens with one attached hydrogen (secondary N) is 1. The molecule has 4 rings (SSSR count). The lowest BCUT2D eigenvalue weighted by Gasteiger charge is -2.02. The van der Waals surface area contributed by atoms with Gasteiger partial charge in [-0.3, -0.25) is 19.9 Å². The van der Waals surface area contributed by atoms with Crippen LogP contribution in [0.1, 0.15) is 16.1 Å². The molecule has 0 atom stereocenters. The number of para-hydroxylation sites is 2. The minimum absolute atomic E-state index is 0.0706. The van der Waals surface area contributed by atoms with Gasteiger partial charge in [0.05, 0.1) is 16.7 Å². The smallest absolute Gasteiger partial charge is 0.282 e. The highest BCUT2D eigenvalue weighted by Crippen LogP contribution is 2.33. The number of pyridine rings is 1. The average Bonchev–Trinajstić information content (AvgIpc) is 3.21. The molecule has 1 amide bonds. The summed E-state index contributed by atoms with van der Waals surface area (Å²) >= 11 is 1.43. The predicted molar refractivity (Wildman–Crippen MR) is 113 cm³/mol. The third kappa shape index (κ3) is 4.20. The lowest BCUT2D eigenvalue weighted by Crippen LogP contribution is -2.18. The van der Waals surface area contributed by atoms with Crippen molar-refractivity contribution in [3.8, 4) is 0 Å². The van der Waals surface area contributed by atoms with Crippen molar-refractivity contribution in [2.75, 3.05) is 0 Å². The molecule has 4 aromatic rings. The molecule has 0 fully saturated rings. The van der Waals surface area contributed by atoms with E-state index in [1.54, 1.807) is 24.4 Å². The quantitative estimate of drug-likeness (QED) is 0.277. The fraction of sp³-hybridized carbons (Fsp3) is 0. The van der Waals surface area contributed by atoms with Gasteiger partial charge in [0.2, 0.25) is 0 Å². The van der Waals surface area contributed by atoms with E-state index in [1.165, 1.54) is 36.2 Å². The van der Waals surface area contributed by atoms with Gasteiger partial charge >= 0.3 is 0 Å². The molecule has 2 heterocycles. The maximum Gasteiger partial charge on any atom is 0.282 e. The van der Waals surface area contributed by atoms with Crippen molar-refractivity contribution < 1.29 is 14.1 Å². The number of carbonyl (C=O) groups excluding carboxylic acids is 1. The summed E-state index contributed by atoms with van der Waals surface area (Å²) in [5.74, 6) is -0.255. The first-order valence-electron chi connectivity index (χ1n) is 8.80. The maximum atomic E-state index is 12.2. The molecule has 0 bridgehead atoms. The molecule has 2 aromatic carbocycles. The van der Waals surface area contributed by atoms with Crippen LogP contribution in [0.4, 0.5) is 5.69 Å². The zero-order valence-corrected chi connectivity index (χ0v) is 16.2.